The van der Waals surface area contributed by atoms with Gasteiger partial charge in [0.1, 0.15) is 28.8 Å². The average molecular weight is 540 g/mol. The zero-order valence-corrected chi connectivity index (χ0v) is 22.1. The number of hydrogen-bond donors (Lipinski definition) is 0. The fourth-order valence-electron chi connectivity index (χ4n) is 4.76. The molecule has 40 heavy (non-hydrogen) atoms. The number of carbonyl (C=O) groups excluding carboxylic acids is 1. The second kappa shape index (κ2) is 13.0. The Kier molecular flexibility index (Phi) is 8.84. The summed E-state index contributed by atoms with van der Waals surface area (Å²) in [7, 11) is 0. The van der Waals surface area contributed by atoms with E-state index in [4.69, 9.17) is 20.8 Å². The first-order chi connectivity index (χ1) is 19.6. The molecule has 0 atom stereocenters. The second-order valence-corrected chi connectivity index (χ2v) is 9.68. The van der Waals surface area contributed by atoms with Gasteiger partial charge in [-0.15, -0.1) is 0 Å². The highest BCUT2D eigenvalue weighted by Gasteiger charge is 2.15. The number of piperidine rings is 1. The highest BCUT2D eigenvalue weighted by Crippen LogP contribution is 2.37. The van der Waals surface area contributed by atoms with E-state index in [0.29, 0.717) is 40.4 Å². The van der Waals surface area contributed by atoms with Gasteiger partial charge < -0.3 is 19.1 Å². The quantitative estimate of drug-likeness (QED) is 0.0925. The maximum absolute atomic E-state index is 14.8. The molecule has 0 amide bonds. The second-order valence-electron chi connectivity index (χ2n) is 9.68. The Morgan fingerprint density at radius 3 is 2.58 bits per heavy atom. The molecule has 0 bridgehead atoms. The molecule has 1 aromatic heterocycles. The van der Waals surface area contributed by atoms with E-state index in [1.54, 1.807) is 54.7 Å². The Labute approximate surface area is 232 Å². The van der Waals surface area contributed by atoms with E-state index in [9.17, 15) is 9.18 Å². The summed E-state index contributed by atoms with van der Waals surface area (Å²) in [5.74, 6) is 0.443. The third-order valence-corrected chi connectivity index (χ3v) is 6.79. The fourth-order valence-corrected chi connectivity index (χ4v) is 4.76. The molecule has 0 aliphatic carbocycles. The lowest BCUT2D eigenvalue weighted by Crippen LogP contribution is -2.31. The molecule has 5 rings (SSSR count). The van der Waals surface area contributed by atoms with Gasteiger partial charge in [-0.2, -0.15) is 0 Å². The lowest BCUT2D eigenvalue weighted by molar-refractivity contribution is -0.133. The average Bonchev–Trinajstić information content (AvgIpc) is 2.97. The summed E-state index contributed by atoms with van der Waals surface area (Å²) in [6, 6.07) is 18.1. The minimum absolute atomic E-state index is 0.199. The summed E-state index contributed by atoms with van der Waals surface area (Å²) in [6.07, 6.45) is 6.09. The number of rotatable bonds is 10. The number of esters is 1. The highest BCUT2D eigenvalue weighted by atomic mass is 19.1. The van der Waals surface area contributed by atoms with E-state index in [2.05, 4.69) is 14.7 Å². The number of aromatic nitrogens is 1. The van der Waals surface area contributed by atoms with Gasteiger partial charge in [-0.3, -0.25) is 9.78 Å². The van der Waals surface area contributed by atoms with Crippen LogP contribution in [0.25, 0.3) is 15.7 Å². The van der Waals surface area contributed by atoms with E-state index in [1.807, 2.05) is 6.07 Å². The molecule has 8 heteroatoms. The van der Waals surface area contributed by atoms with E-state index in [0.717, 1.165) is 26.1 Å². The van der Waals surface area contributed by atoms with Crippen LogP contribution in [0, 0.1) is 12.4 Å². The van der Waals surface area contributed by atoms with Crippen LogP contribution in [0.2, 0.25) is 0 Å². The van der Waals surface area contributed by atoms with Gasteiger partial charge in [0, 0.05) is 24.2 Å². The van der Waals surface area contributed by atoms with Crippen molar-refractivity contribution in [3.05, 3.63) is 95.7 Å². The molecule has 0 N–H and O–H groups in total. The number of likely N-dealkylation sites (tertiary alicyclic amines) is 1. The van der Waals surface area contributed by atoms with Crippen molar-refractivity contribution in [1.29, 1.82) is 0 Å². The van der Waals surface area contributed by atoms with Gasteiger partial charge in [0.25, 0.3) is 0 Å². The first-order valence-corrected chi connectivity index (χ1v) is 13.5. The van der Waals surface area contributed by atoms with E-state index < -0.39 is 11.8 Å². The van der Waals surface area contributed by atoms with Crippen LogP contribution in [0.4, 0.5) is 10.1 Å². The van der Waals surface area contributed by atoms with Crippen molar-refractivity contribution in [3.8, 4) is 23.0 Å². The van der Waals surface area contributed by atoms with Gasteiger partial charge in [-0.1, -0.05) is 30.7 Å². The predicted molar refractivity (Wildman–Crippen MR) is 151 cm³/mol. The number of para-hydroxylation sites is 1. The molecule has 1 fully saturated rings. The molecule has 0 unspecified atom stereocenters. The van der Waals surface area contributed by atoms with E-state index in [-0.39, 0.29) is 17.7 Å². The van der Waals surface area contributed by atoms with E-state index >= 15 is 0 Å². The van der Waals surface area contributed by atoms with Crippen LogP contribution in [0.5, 0.6) is 23.0 Å². The van der Waals surface area contributed by atoms with Crippen molar-refractivity contribution in [2.75, 3.05) is 26.2 Å². The molecule has 0 saturated carbocycles. The van der Waals surface area contributed by atoms with Crippen molar-refractivity contribution in [3.63, 3.8) is 0 Å². The van der Waals surface area contributed by atoms with Crippen molar-refractivity contribution in [1.82, 2.24) is 9.88 Å². The molecule has 3 aromatic carbocycles. The normalized spacial score (nSPS) is 13.5. The Balaban J connectivity index is 1.25. The largest absolute Gasteiger partial charge is 0.504 e. The summed E-state index contributed by atoms with van der Waals surface area (Å²) in [5.41, 5.74) is 1.17. The first-order valence-electron chi connectivity index (χ1n) is 13.5. The number of benzene rings is 3. The number of fused-ring (bicyclic) bond motifs is 1. The van der Waals surface area contributed by atoms with Crippen LogP contribution in [0.1, 0.15) is 31.2 Å². The van der Waals surface area contributed by atoms with Crippen LogP contribution in [0.15, 0.2) is 72.9 Å². The summed E-state index contributed by atoms with van der Waals surface area (Å²) < 4.78 is 32.1. The van der Waals surface area contributed by atoms with Crippen LogP contribution < -0.4 is 14.2 Å². The summed E-state index contributed by atoms with van der Waals surface area (Å²) in [6.45, 7) is 11.4. The van der Waals surface area contributed by atoms with Crippen LogP contribution in [-0.4, -0.2) is 42.1 Å². The number of ether oxygens (including phenoxy) is 3. The van der Waals surface area contributed by atoms with Crippen molar-refractivity contribution in [2.24, 2.45) is 0 Å². The van der Waals surface area contributed by atoms with E-state index in [1.165, 1.54) is 31.4 Å². The topological polar surface area (TPSA) is 65.2 Å². The van der Waals surface area contributed by atoms with Crippen molar-refractivity contribution < 1.29 is 23.4 Å². The molecule has 7 nitrogen and oxygen atoms in total. The van der Waals surface area contributed by atoms with Gasteiger partial charge in [-0.05, 0) is 74.3 Å². The first kappa shape index (κ1) is 27.1. The SMILES string of the molecule is [C-]#[N+]c1cc2c(Oc3ccc(CC(=O)Oc4ccccc4)c(F)c3)ccnc2cc1OCCCN1CCCCC1. The van der Waals surface area contributed by atoms with Crippen molar-refractivity contribution >= 4 is 22.6 Å². The maximum Gasteiger partial charge on any atom is 0.315 e. The van der Waals surface area contributed by atoms with Crippen LogP contribution in [0.3, 0.4) is 0 Å². The molecule has 1 aliphatic heterocycles. The molecule has 204 valence electrons. The Bertz CT molecular complexity index is 1510. The summed E-state index contributed by atoms with van der Waals surface area (Å²) >= 11 is 0. The maximum atomic E-state index is 14.8. The highest BCUT2D eigenvalue weighted by molar-refractivity contribution is 5.91. The summed E-state index contributed by atoms with van der Waals surface area (Å²) in [5, 5.41) is 0.616. The van der Waals surface area contributed by atoms with Gasteiger partial charge in [0.15, 0.2) is 0 Å². The number of hydrogen-bond acceptors (Lipinski definition) is 6. The van der Waals surface area contributed by atoms with Gasteiger partial charge >= 0.3 is 5.97 Å². The zero-order valence-electron chi connectivity index (χ0n) is 22.1. The number of nitrogens with zero attached hydrogens (tertiary/aromatic N) is 3. The molecule has 0 radical (unpaired) electrons. The molecule has 4 aromatic rings. The van der Waals surface area contributed by atoms with Crippen LogP contribution in [-0.2, 0) is 11.2 Å². The third kappa shape index (κ3) is 6.93. The zero-order chi connectivity index (χ0) is 27.7. The smallest absolute Gasteiger partial charge is 0.315 e. The minimum Gasteiger partial charge on any atom is -0.504 e. The number of carbonyl (C=O) groups is 1. The third-order valence-electron chi connectivity index (χ3n) is 6.79. The molecule has 2 heterocycles. The van der Waals surface area contributed by atoms with Gasteiger partial charge in [0.2, 0.25) is 5.69 Å². The molecule has 1 aliphatic rings. The number of pyridine rings is 1. The van der Waals surface area contributed by atoms with Gasteiger partial charge in [0.05, 0.1) is 25.1 Å². The standard InChI is InChI=1S/C32H30FN3O4/c1-34-29-21-26-28(22-31(29)38-18-8-17-36-15-6-3-7-16-36)35-14-13-30(26)39-25-12-11-23(27(33)20-25)19-32(37)40-24-9-4-2-5-10-24/h2,4-5,9-14,20-22H,3,6-8,15-19H2. The van der Waals surface area contributed by atoms with Gasteiger partial charge in [-0.25, -0.2) is 9.24 Å². The number of halogens is 1. The fraction of sp³-hybridized carbons (Fsp3) is 0.281. The lowest BCUT2D eigenvalue weighted by Gasteiger charge is -2.26. The molecule has 1 saturated heterocycles. The molecular formula is C32H30FN3O4. The lowest BCUT2D eigenvalue weighted by atomic mass is 10.1. The predicted octanol–water partition coefficient (Wildman–Crippen LogP) is 7.12. The molecular weight excluding hydrogens is 509 g/mol. The Morgan fingerprint density at radius 1 is 0.975 bits per heavy atom. The Hall–Kier alpha value is -4.48. The van der Waals surface area contributed by atoms with Crippen LogP contribution >= 0.6 is 0 Å². The molecule has 0 spiro atoms. The van der Waals surface area contributed by atoms with Crippen molar-refractivity contribution in [2.45, 2.75) is 32.1 Å². The monoisotopic (exact) mass is 539 g/mol. The Morgan fingerprint density at radius 2 is 1.80 bits per heavy atom. The summed E-state index contributed by atoms with van der Waals surface area (Å²) in [4.78, 5) is 22.8. The minimum atomic E-state index is -0.581.